The zero-order chi connectivity index (χ0) is 29.2. The molecule has 0 heterocycles. The van der Waals surface area contributed by atoms with Crippen LogP contribution in [0, 0.1) is 0 Å². The van der Waals surface area contributed by atoms with E-state index in [1.54, 1.807) is 105 Å². The van der Waals surface area contributed by atoms with Crippen LogP contribution in [-0.4, -0.2) is 45.3 Å². The second-order valence-electron chi connectivity index (χ2n) is 8.49. The standard InChI is InChI=1S/C31H27N3O7/c1-38-25-12-8-21(9-13-25)29(35)33-24-6-4-5-23(18-24)30(36)34-32-19-20-7-16-27(28(17-20)40-3)41-31(37)22-10-14-26(39-2)15-11-22/h4-19H,1-3H3,(H,33,35)(H,34,36). The first-order chi connectivity index (χ1) is 19.9. The number of hydrogen-bond acceptors (Lipinski definition) is 8. The van der Waals surface area contributed by atoms with Crippen LogP contribution in [0.5, 0.6) is 23.0 Å². The highest BCUT2D eigenvalue weighted by molar-refractivity contribution is 6.05. The smallest absolute Gasteiger partial charge is 0.343 e. The molecule has 10 heteroatoms. The lowest BCUT2D eigenvalue weighted by molar-refractivity contribution is 0.0729. The van der Waals surface area contributed by atoms with Gasteiger partial charge >= 0.3 is 5.97 Å². The number of nitrogens with one attached hydrogen (secondary N) is 2. The third-order valence-corrected chi connectivity index (χ3v) is 5.83. The molecule has 0 atom stereocenters. The van der Waals surface area contributed by atoms with E-state index in [4.69, 9.17) is 18.9 Å². The minimum Gasteiger partial charge on any atom is -0.497 e. The molecule has 0 aliphatic heterocycles. The van der Waals surface area contributed by atoms with E-state index in [0.29, 0.717) is 45.2 Å². The highest BCUT2D eigenvalue weighted by Crippen LogP contribution is 2.28. The highest BCUT2D eigenvalue weighted by atomic mass is 16.6. The molecule has 0 spiro atoms. The average Bonchev–Trinajstić information content (AvgIpc) is 3.01. The van der Waals surface area contributed by atoms with Gasteiger partial charge in [-0.25, -0.2) is 10.2 Å². The van der Waals surface area contributed by atoms with E-state index < -0.39 is 11.9 Å². The molecule has 208 valence electrons. The Hall–Kier alpha value is -5.64. The summed E-state index contributed by atoms with van der Waals surface area (Å²) in [4.78, 5) is 37.7. The van der Waals surface area contributed by atoms with Gasteiger partial charge in [-0.2, -0.15) is 5.10 Å². The number of hydrazone groups is 1. The lowest BCUT2D eigenvalue weighted by atomic mass is 10.1. The second-order valence-corrected chi connectivity index (χ2v) is 8.49. The fourth-order valence-corrected chi connectivity index (χ4v) is 3.65. The molecule has 10 nitrogen and oxygen atoms in total. The zero-order valence-electron chi connectivity index (χ0n) is 22.5. The van der Waals surface area contributed by atoms with Crippen LogP contribution in [0.4, 0.5) is 5.69 Å². The van der Waals surface area contributed by atoms with E-state index in [9.17, 15) is 14.4 Å². The molecule has 2 N–H and O–H groups in total. The summed E-state index contributed by atoms with van der Waals surface area (Å²) in [5.41, 5.74) is 4.59. The van der Waals surface area contributed by atoms with E-state index in [-0.39, 0.29) is 11.7 Å². The van der Waals surface area contributed by atoms with Gasteiger partial charge in [0.15, 0.2) is 11.5 Å². The molecule has 4 rings (SSSR count). The van der Waals surface area contributed by atoms with Crippen LogP contribution in [0.2, 0.25) is 0 Å². The molecule has 0 aromatic heterocycles. The van der Waals surface area contributed by atoms with Crippen molar-refractivity contribution in [2.45, 2.75) is 0 Å². The van der Waals surface area contributed by atoms with E-state index in [0.717, 1.165) is 0 Å². The predicted octanol–water partition coefficient (Wildman–Crippen LogP) is 4.95. The Morgan fingerprint density at radius 2 is 1.32 bits per heavy atom. The number of benzene rings is 4. The summed E-state index contributed by atoms with van der Waals surface area (Å²) in [5, 5.41) is 6.77. The van der Waals surface area contributed by atoms with Crippen molar-refractivity contribution in [1.29, 1.82) is 0 Å². The molecule has 2 amide bonds. The van der Waals surface area contributed by atoms with Gasteiger partial charge in [-0.1, -0.05) is 6.07 Å². The monoisotopic (exact) mass is 553 g/mol. The van der Waals surface area contributed by atoms with Gasteiger partial charge in [-0.3, -0.25) is 9.59 Å². The Morgan fingerprint density at radius 3 is 1.95 bits per heavy atom. The summed E-state index contributed by atoms with van der Waals surface area (Å²) in [7, 11) is 4.54. The first-order valence-corrected chi connectivity index (χ1v) is 12.3. The molecular formula is C31H27N3O7. The third-order valence-electron chi connectivity index (χ3n) is 5.83. The fourth-order valence-electron chi connectivity index (χ4n) is 3.65. The van der Waals surface area contributed by atoms with Gasteiger partial charge < -0.3 is 24.3 Å². The number of methoxy groups -OCH3 is 3. The van der Waals surface area contributed by atoms with Crippen molar-refractivity contribution in [3.8, 4) is 23.0 Å². The predicted molar refractivity (Wildman–Crippen MR) is 153 cm³/mol. The SMILES string of the molecule is COc1ccc(C(=O)Nc2cccc(C(=O)NN=Cc3ccc(OC(=O)c4ccc(OC)cc4)c(OC)c3)c2)cc1. The van der Waals surface area contributed by atoms with Crippen molar-refractivity contribution >= 4 is 29.7 Å². The molecule has 0 saturated heterocycles. The molecule has 4 aromatic rings. The van der Waals surface area contributed by atoms with E-state index in [2.05, 4.69) is 15.8 Å². The number of rotatable bonds is 10. The minimum atomic E-state index is -0.554. The van der Waals surface area contributed by atoms with E-state index in [1.165, 1.54) is 13.3 Å². The summed E-state index contributed by atoms with van der Waals surface area (Å²) in [6.07, 6.45) is 1.42. The number of carbonyl (C=O) groups is 3. The Kier molecular flexibility index (Phi) is 9.29. The third kappa shape index (κ3) is 7.48. The van der Waals surface area contributed by atoms with Gasteiger partial charge in [-0.05, 0) is 90.5 Å². The van der Waals surface area contributed by atoms with Crippen LogP contribution in [0.3, 0.4) is 0 Å². The van der Waals surface area contributed by atoms with Crippen LogP contribution in [0.1, 0.15) is 36.6 Å². The van der Waals surface area contributed by atoms with Crippen LogP contribution in [-0.2, 0) is 0 Å². The maximum atomic E-state index is 12.6. The summed E-state index contributed by atoms with van der Waals surface area (Å²) in [5.74, 6) is 0.448. The molecule has 41 heavy (non-hydrogen) atoms. The number of amides is 2. The Bertz CT molecular complexity index is 1570. The van der Waals surface area contributed by atoms with Crippen LogP contribution < -0.4 is 29.7 Å². The largest absolute Gasteiger partial charge is 0.497 e. The van der Waals surface area contributed by atoms with Gasteiger partial charge in [-0.15, -0.1) is 0 Å². The number of ether oxygens (including phenoxy) is 4. The van der Waals surface area contributed by atoms with Crippen LogP contribution >= 0.6 is 0 Å². The summed E-state index contributed by atoms with van der Waals surface area (Å²) < 4.78 is 21.0. The lowest BCUT2D eigenvalue weighted by Crippen LogP contribution is -2.18. The average molecular weight is 554 g/mol. The molecule has 0 unspecified atom stereocenters. The highest BCUT2D eigenvalue weighted by Gasteiger charge is 2.13. The normalized spacial score (nSPS) is 10.5. The Balaban J connectivity index is 1.36. The van der Waals surface area contributed by atoms with Gasteiger partial charge in [0.25, 0.3) is 11.8 Å². The van der Waals surface area contributed by atoms with Crippen molar-refractivity contribution in [1.82, 2.24) is 5.43 Å². The Labute approximate surface area is 236 Å². The first kappa shape index (κ1) is 28.4. The molecule has 0 saturated carbocycles. The van der Waals surface area contributed by atoms with Gasteiger partial charge in [0.1, 0.15) is 11.5 Å². The van der Waals surface area contributed by atoms with Gasteiger partial charge in [0, 0.05) is 16.8 Å². The minimum absolute atomic E-state index is 0.225. The number of esters is 1. The molecular weight excluding hydrogens is 526 g/mol. The topological polar surface area (TPSA) is 125 Å². The first-order valence-electron chi connectivity index (χ1n) is 12.3. The van der Waals surface area contributed by atoms with Crippen molar-refractivity contribution in [2.75, 3.05) is 26.6 Å². The van der Waals surface area contributed by atoms with E-state index in [1.807, 2.05) is 0 Å². The number of anilines is 1. The van der Waals surface area contributed by atoms with Crippen molar-refractivity contribution in [3.63, 3.8) is 0 Å². The lowest BCUT2D eigenvalue weighted by Gasteiger charge is -2.10. The maximum Gasteiger partial charge on any atom is 0.343 e. The molecule has 0 aliphatic carbocycles. The zero-order valence-corrected chi connectivity index (χ0v) is 22.5. The molecule has 0 fully saturated rings. The molecule has 0 radical (unpaired) electrons. The van der Waals surface area contributed by atoms with Crippen molar-refractivity contribution in [3.05, 3.63) is 113 Å². The van der Waals surface area contributed by atoms with Crippen molar-refractivity contribution < 1.29 is 33.3 Å². The Morgan fingerprint density at radius 1 is 0.659 bits per heavy atom. The molecule has 0 aliphatic rings. The molecule has 0 bridgehead atoms. The van der Waals surface area contributed by atoms with E-state index >= 15 is 0 Å². The maximum absolute atomic E-state index is 12.6. The fraction of sp³-hybridized carbons (Fsp3) is 0.0968. The number of hydrogen-bond donors (Lipinski definition) is 2. The summed E-state index contributed by atoms with van der Waals surface area (Å²) >= 11 is 0. The van der Waals surface area contributed by atoms with Crippen LogP contribution in [0.25, 0.3) is 0 Å². The van der Waals surface area contributed by atoms with Gasteiger partial charge in [0.2, 0.25) is 0 Å². The number of nitrogens with zero attached hydrogens (tertiary/aromatic N) is 1. The van der Waals surface area contributed by atoms with Crippen LogP contribution in [0.15, 0.2) is 96.1 Å². The quantitative estimate of drug-likeness (QED) is 0.123. The summed E-state index contributed by atoms with van der Waals surface area (Å²) in [6, 6.07) is 24.5. The molecule has 4 aromatic carbocycles. The van der Waals surface area contributed by atoms with Gasteiger partial charge in [0.05, 0.1) is 33.1 Å². The summed E-state index contributed by atoms with van der Waals surface area (Å²) in [6.45, 7) is 0. The van der Waals surface area contributed by atoms with Crippen molar-refractivity contribution in [2.24, 2.45) is 5.10 Å². The number of carbonyl (C=O) groups excluding carboxylic acids is 3. The second kappa shape index (κ2) is 13.4.